The molecule has 0 unspecified atom stereocenters. The van der Waals surface area contributed by atoms with Crippen LogP contribution in [0.3, 0.4) is 0 Å². The largest absolute Gasteiger partial charge is 0.497 e. The van der Waals surface area contributed by atoms with Crippen molar-refractivity contribution in [3.8, 4) is 5.75 Å². The zero-order valence-electron chi connectivity index (χ0n) is 13.2. The maximum atomic E-state index is 13.2. The molecule has 0 saturated carbocycles. The lowest BCUT2D eigenvalue weighted by Gasteiger charge is -2.08. The molecular formula is C17H20FNO3S. The molecule has 0 amide bonds. The second-order valence-electron chi connectivity index (χ2n) is 5.26. The van der Waals surface area contributed by atoms with Crippen LogP contribution < -0.4 is 9.46 Å². The number of nitrogens with one attached hydrogen (secondary N) is 1. The summed E-state index contributed by atoms with van der Waals surface area (Å²) in [6.07, 6.45) is 1.43. The van der Waals surface area contributed by atoms with E-state index in [-0.39, 0.29) is 4.90 Å². The Morgan fingerprint density at radius 1 is 1.13 bits per heavy atom. The summed E-state index contributed by atoms with van der Waals surface area (Å²) in [5, 5.41) is 0. The Morgan fingerprint density at radius 2 is 1.83 bits per heavy atom. The SMILES string of the molecule is COc1ccc(CCCNS(=O)(=O)c2ccc(F)c(C)c2)cc1. The molecule has 2 aromatic rings. The van der Waals surface area contributed by atoms with Crippen LogP contribution >= 0.6 is 0 Å². The third kappa shape index (κ3) is 4.77. The van der Waals surface area contributed by atoms with Crippen molar-refractivity contribution in [2.45, 2.75) is 24.7 Å². The number of ether oxygens (including phenoxy) is 1. The average molecular weight is 337 g/mol. The summed E-state index contributed by atoms with van der Waals surface area (Å²) in [7, 11) is -1.99. The van der Waals surface area contributed by atoms with Gasteiger partial charge in [0.15, 0.2) is 0 Å². The maximum absolute atomic E-state index is 13.2. The minimum Gasteiger partial charge on any atom is -0.497 e. The molecule has 6 heteroatoms. The average Bonchev–Trinajstić information content (AvgIpc) is 2.54. The molecule has 1 N–H and O–H groups in total. The van der Waals surface area contributed by atoms with E-state index < -0.39 is 15.8 Å². The van der Waals surface area contributed by atoms with Crippen LogP contribution in [-0.4, -0.2) is 22.1 Å². The van der Waals surface area contributed by atoms with Crippen molar-refractivity contribution in [1.29, 1.82) is 0 Å². The van der Waals surface area contributed by atoms with Gasteiger partial charge in [0, 0.05) is 6.54 Å². The molecule has 0 fully saturated rings. The van der Waals surface area contributed by atoms with Gasteiger partial charge >= 0.3 is 0 Å². The summed E-state index contributed by atoms with van der Waals surface area (Å²) < 4.78 is 45.1. The molecule has 4 nitrogen and oxygen atoms in total. The molecule has 2 aromatic carbocycles. The van der Waals surface area contributed by atoms with Crippen molar-refractivity contribution in [1.82, 2.24) is 4.72 Å². The van der Waals surface area contributed by atoms with E-state index in [1.807, 2.05) is 24.3 Å². The second-order valence-corrected chi connectivity index (χ2v) is 7.03. The number of hydrogen-bond donors (Lipinski definition) is 1. The molecule has 23 heavy (non-hydrogen) atoms. The van der Waals surface area contributed by atoms with Gasteiger partial charge in [-0.25, -0.2) is 17.5 Å². The van der Waals surface area contributed by atoms with Gasteiger partial charge in [-0.3, -0.25) is 0 Å². The van der Waals surface area contributed by atoms with Crippen molar-refractivity contribution in [2.24, 2.45) is 0 Å². The Labute approximate surface area is 136 Å². The maximum Gasteiger partial charge on any atom is 0.240 e. The first kappa shape index (κ1) is 17.4. The molecule has 0 aliphatic carbocycles. The third-order valence-electron chi connectivity index (χ3n) is 3.53. The minimum atomic E-state index is -3.60. The van der Waals surface area contributed by atoms with Crippen LogP contribution in [0.15, 0.2) is 47.4 Å². The fraction of sp³-hybridized carbons (Fsp3) is 0.294. The number of sulfonamides is 1. The summed E-state index contributed by atoms with van der Waals surface area (Å²) in [5.74, 6) is 0.379. The van der Waals surface area contributed by atoms with Crippen LogP contribution in [0.25, 0.3) is 0 Å². The zero-order chi connectivity index (χ0) is 16.9. The van der Waals surface area contributed by atoms with E-state index in [4.69, 9.17) is 4.74 Å². The predicted molar refractivity (Wildman–Crippen MR) is 87.6 cm³/mol. The first-order chi connectivity index (χ1) is 10.9. The van der Waals surface area contributed by atoms with Crippen LogP contribution in [0, 0.1) is 12.7 Å². The Bertz CT molecular complexity index is 758. The predicted octanol–water partition coefficient (Wildman–Crippen LogP) is 3.05. The van der Waals surface area contributed by atoms with Gasteiger partial charge in [-0.15, -0.1) is 0 Å². The molecule has 0 atom stereocenters. The molecule has 0 aromatic heterocycles. The summed E-state index contributed by atoms with van der Waals surface area (Å²) in [5.41, 5.74) is 1.42. The number of rotatable bonds is 7. The smallest absolute Gasteiger partial charge is 0.240 e. The highest BCUT2D eigenvalue weighted by molar-refractivity contribution is 7.89. The standard InChI is InChI=1S/C17H20FNO3S/c1-13-12-16(9-10-17(13)18)23(20,21)19-11-3-4-14-5-7-15(22-2)8-6-14/h5-10,12,19H,3-4,11H2,1-2H3. The highest BCUT2D eigenvalue weighted by Gasteiger charge is 2.14. The molecule has 0 radical (unpaired) electrons. The summed E-state index contributed by atoms with van der Waals surface area (Å²) in [6, 6.07) is 11.4. The van der Waals surface area contributed by atoms with Crippen molar-refractivity contribution in [3.63, 3.8) is 0 Å². The van der Waals surface area contributed by atoms with Crippen molar-refractivity contribution >= 4 is 10.0 Å². The lowest BCUT2D eigenvalue weighted by Crippen LogP contribution is -2.25. The Balaban J connectivity index is 1.88. The molecule has 0 aliphatic rings. The first-order valence-electron chi connectivity index (χ1n) is 7.31. The topological polar surface area (TPSA) is 55.4 Å². The van der Waals surface area contributed by atoms with Crippen LogP contribution in [0.4, 0.5) is 4.39 Å². The molecule has 124 valence electrons. The van der Waals surface area contributed by atoms with E-state index in [1.54, 1.807) is 7.11 Å². The minimum absolute atomic E-state index is 0.0841. The fourth-order valence-corrected chi connectivity index (χ4v) is 3.32. The Morgan fingerprint density at radius 3 is 2.43 bits per heavy atom. The van der Waals surface area contributed by atoms with Crippen LogP contribution in [-0.2, 0) is 16.4 Å². The first-order valence-corrected chi connectivity index (χ1v) is 8.79. The van der Waals surface area contributed by atoms with Gasteiger partial charge in [0.25, 0.3) is 0 Å². The van der Waals surface area contributed by atoms with Crippen LogP contribution in [0.5, 0.6) is 5.75 Å². The van der Waals surface area contributed by atoms with Crippen molar-refractivity contribution in [2.75, 3.05) is 13.7 Å². The fourth-order valence-electron chi connectivity index (χ4n) is 2.16. The van der Waals surface area contributed by atoms with Gasteiger partial charge in [0.2, 0.25) is 10.0 Å². The van der Waals surface area contributed by atoms with Gasteiger partial charge in [-0.1, -0.05) is 12.1 Å². The summed E-state index contributed by atoms with van der Waals surface area (Å²) >= 11 is 0. The van der Waals surface area contributed by atoms with E-state index in [0.717, 1.165) is 17.7 Å². The van der Waals surface area contributed by atoms with Gasteiger partial charge < -0.3 is 4.74 Å². The van der Waals surface area contributed by atoms with Crippen LogP contribution in [0.2, 0.25) is 0 Å². The zero-order valence-corrected chi connectivity index (χ0v) is 14.0. The van der Waals surface area contributed by atoms with E-state index in [2.05, 4.69) is 4.72 Å². The number of benzene rings is 2. The number of aryl methyl sites for hydroxylation is 2. The Hall–Kier alpha value is -1.92. The summed E-state index contributed by atoms with van der Waals surface area (Å²) in [6.45, 7) is 1.86. The van der Waals surface area contributed by atoms with E-state index in [9.17, 15) is 12.8 Å². The summed E-state index contributed by atoms with van der Waals surface area (Å²) in [4.78, 5) is 0.0841. The molecule has 0 spiro atoms. The van der Waals surface area contributed by atoms with E-state index >= 15 is 0 Å². The van der Waals surface area contributed by atoms with Gasteiger partial charge in [-0.2, -0.15) is 0 Å². The van der Waals surface area contributed by atoms with E-state index in [1.165, 1.54) is 25.1 Å². The van der Waals surface area contributed by atoms with Gasteiger partial charge in [0.05, 0.1) is 12.0 Å². The van der Waals surface area contributed by atoms with Gasteiger partial charge in [-0.05, 0) is 61.2 Å². The number of hydrogen-bond acceptors (Lipinski definition) is 3. The monoisotopic (exact) mass is 337 g/mol. The van der Waals surface area contributed by atoms with Crippen molar-refractivity contribution in [3.05, 3.63) is 59.4 Å². The molecule has 0 saturated heterocycles. The highest BCUT2D eigenvalue weighted by atomic mass is 32.2. The number of methoxy groups -OCH3 is 1. The second kappa shape index (κ2) is 7.57. The Kier molecular flexibility index (Phi) is 5.74. The molecule has 0 aliphatic heterocycles. The lowest BCUT2D eigenvalue weighted by atomic mass is 10.1. The molecular weight excluding hydrogens is 317 g/mol. The van der Waals surface area contributed by atoms with Crippen LogP contribution in [0.1, 0.15) is 17.5 Å². The molecule has 0 bridgehead atoms. The molecule has 2 rings (SSSR count). The molecule has 0 heterocycles. The van der Waals surface area contributed by atoms with Gasteiger partial charge in [0.1, 0.15) is 11.6 Å². The van der Waals surface area contributed by atoms with E-state index in [0.29, 0.717) is 18.5 Å². The number of halogens is 1. The third-order valence-corrected chi connectivity index (χ3v) is 4.99. The highest BCUT2D eigenvalue weighted by Crippen LogP contribution is 2.15. The normalized spacial score (nSPS) is 11.4. The quantitative estimate of drug-likeness (QED) is 0.790. The lowest BCUT2D eigenvalue weighted by molar-refractivity contribution is 0.414. The van der Waals surface area contributed by atoms with Crippen molar-refractivity contribution < 1.29 is 17.5 Å².